The molecular formula is C20H23F3N8O. The minimum Gasteiger partial charge on any atom is -0.365 e. The molecule has 0 radical (unpaired) electrons. The lowest BCUT2D eigenvalue weighted by molar-refractivity contribution is -0.123. The molecule has 1 unspecified atom stereocenters. The van der Waals surface area contributed by atoms with Gasteiger partial charge in [0.05, 0.1) is 12.0 Å². The van der Waals surface area contributed by atoms with Gasteiger partial charge in [0.15, 0.2) is 17.0 Å². The number of anilines is 1. The van der Waals surface area contributed by atoms with E-state index in [4.69, 9.17) is 0 Å². The second-order valence-electron chi connectivity index (χ2n) is 8.23. The number of aryl methyl sites for hydroxylation is 2. The fourth-order valence-electron chi connectivity index (χ4n) is 4.26. The SMILES string of the molecule is CCn1c(C(=O)NCC(F)(F)F)nc2c(NC3CCc4ncn(C5CC5)c4C3)ncnc21. The van der Waals surface area contributed by atoms with E-state index in [-0.39, 0.29) is 11.9 Å². The van der Waals surface area contributed by atoms with E-state index in [0.717, 1.165) is 25.0 Å². The number of alkyl halides is 3. The van der Waals surface area contributed by atoms with Crippen LogP contribution in [0, 0.1) is 0 Å². The lowest BCUT2D eigenvalue weighted by Gasteiger charge is -2.24. The van der Waals surface area contributed by atoms with Crippen molar-refractivity contribution in [3.05, 3.63) is 29.9 Å². The van der Waals surface area contributed by atoms with Crippen LogP contribution in [0.4, 0.5) is 19.0 Å². The number of rotatable bonds is 6. The lowest BCUT2D eigenvalue weighted by Crippen LogP contribution is -2.35. The fourth-order valence-corrected chi connectivity index (χ4v) is 4.26. The van der Waals surface area contributed by atoms with Crippen LogP contribution in [-0.2, 0) is 19.4 Å². The molecule has 32 heavy (non-hydrogen) atoms. The topological polar surface area (TPSA) is 103 Å². The van der Waals surface area contributed by atoms with Gasteiger partial charge in [-0.3, -0.25) is 4.79 Å². The number of fused-ring (bicyclic) bond motifs is 2. The summed E-state index contributed by atoms with van der Waals surface area (Å²) in [5.41, 5.74) is 3.16. The summed E-state index contributed by atoms with van der Waals surface area (Å²) in [7, 11) is 0. The normalized spacial score (nSPS) is 18.6. The molecular weight excluding hydrogens is 425 g/mol. The third kappa shape index (κ3) is 3.89. The Bertz CT molecular complexity index is 1160. The van der Waals surface area contributed by atoms with Crippen molar-refractivity contribution >= 4 is 22.9 Å². The zero-order chi connectivity index (χ0) is 22.5. The van der Waals surface area contributed by atoms with E-state index in [1.165, 1.54) is 29.4 Å². The molecule has 0 aliphatic heterocycles. The van der Waals surface area contributed by atoms with Gasteiger partial charge in [-0.05, 0) is 32.6 Å². The Morgan fingerprint density at radius 2 is 2.03 bits per heavy atom. The summed E-state index contributed by atoms with van der Waals surface area (Å²) < 4.78 is 41.3. The quantitative estimate of drug-likeness (QED) is 0.601. The number of aromatic nitrogens is 6. The van der Waals surface area contributed by atoms with Gasteiger partial charge in [-0.25, -0.2) is 19.9 Å². The Labute approximate surface area is 181 Å². The number of hydrogen-bond acceptors (Lipinski definition) is 6. The van der Waals surface area contributed by atoms with Crippen molar-refractivity contribution in [2.45, 2.75) is 63.8 Å². The number of nitrogens with zero attached hydrogens (tertiary/aromatic N) is 6. The standard InChI is InChI=1S/C20H23F3N8O/c1-2-30-17-15(29-18(30)19(32)24-8-20(21,22)23)16(25-9-26-17)28-11-3-6-13-14(7-11)31(10-27-13)12-4-5-12/h9-12H,2-8H2,1H3,(H,24,32)(H,25,26,28). The predicted octanol–water partition coefficient (Wildman–Crippen LogP) is 2.64. The van der Waals surface area contributed by atoms with Gasteiger partial charge < -0.3 is 19.8 Å². The molecule has 3 aromatic rings. The minimum absolute atomic E-state index is 0.101. The fraction of sp³-hybridized carbons (Fsp3) is 0.550. The van der Waals surface area contributed by atoms with E-state index in [2.05, 4.69) is 29.8 Å². The molecule has 3 aromatic heterocycles. The highest BCUT2D eigenvalue weighted by molar-refractivity contribution is 5.96. The lowest BCUT2D eigenvalue weighted by atomic mass is 9.95. The van der Waals surface area contributed by atoms with Gasteiger partial charge in [-0.15, -0.1) is 0 Å². The molecule has 0 bridgehead atoms. The van der Waals surface area contributed by atoms with Crippen LogP contribution in [0.2, 0.25) is 0 Å². The summed E-state index contributed by atoms with van der Waals surface area (Å²) in [5.74, 6) is -0.546. The molecule has 1 amide bonds. The van der Waals surface area contributed by atoms with Crippen LogP contribution in [0.5, 0.6) is 0 Å². The Kier molecular flexibility index (Phi) is 5.01. The number of nitrogens with one attached hydrogen (secondary N) is 2. The first-order chi connectivity index (χ1) is 15.3. The summed E-state index contributed by atoms with van der Waals surface area (Å²) in [4.78, 5) is 29.8. The van der Waals surface area contributed by atoms with Gasteiger partial charge in [0.25, 0.3) is 5.91 Å². The molecule has 0 saturated heterocycles. The van der Waals surface area contributed by atoms with Crippen molar-refractivity contribution in [3.63, 3.8) is 0 Å². The van der Waals surface area contributed by atoms with Crippen LogP contribution in [0.1, 0.15) is 54.2 Å². The Morgan fingerprint density at radius 3 is 2.75 bits per heavy atom. The first kappa shape index (κ1) is 20.7. The van der Waals surface area contributed by atoms with Gasteiger partial charge >= 0.3 is 6.18 Å². The molecule has 2 aliphatic rings. The number of imidazole rings is 2. The molecule has 0 aromatic carbocycles. The monoisotopic (exact) mass is 448 g/mol. The molecule has 12 heteroatoms. The Morgan fingerprint density at radius 1 is 1.22 bits per heavy atom. The van der Waals surface area contributed by atoms with E-state index in [0.29, 0.717) is 29.6 Å². The van der Waals surface area contributed by atoms with Gasteiger partial charge in [0, 0.05) is 30.7 Å². The first-order valence-electron chi connectivity index (χ1n) is 10.7. The predicted molar refractivity (Wildman–Crippen MR) is 109 cm³/mol. The van der Waals surface area contributed by atoms with Crippen molar-refractivity contribution < 1.29 is 18.0 Å². The average Bonchev–Trinajstić information content (AvgIpc) is 3.39. The number of carbonyl (C=O) groups is 1. The third-order valence-electron chi connectivity index (χ3n) is 5.93. The molecule has 3 heterocycles. The van der Waals surface area contributed by atoms with Crippen LogP contribution in [0.3, 0.4) is 0 Å². The second-order valence-corrected chi connectivity index (χ2v) is 8.23. The molecule has 1 fully saturated rings. The largest absolute Gasteiger partial charge is 0.405 e. The number of amides is 1. The smallest absolute Gasteiger partial charge is 0.365 e. The van der Waals surface area contributed by atoms with Gasteiger partial charge in [-0.2, -0.15) is 13.2 Å². The molecule has 0 spiro atoms. The van der Waals surface area contributed by atoms with Crippen molar-refractivity contribution in [1.82, 2.24) is 34.4 Å². The van der Waals surface area contributed by atoms with Gasteiger partial charge in [0.1, 0.15) is 12.9 Å². The molecule has 2 N–H and O–H groups in total. The van der Waals surface area contributed by atoms with Gasteiger partial charge in [-0.1, -0.05) is 0 Å². The summed E-state index contributed by atoms with van der Waals surface area (Å²) in [6.45, 7) is 0.683. The molecule has 5 rings (SSSR count). The van der Waals surface area contributed by atoms with E-state index in [1.807, 2.05) is 11.6 Å². The first-order valence-corrected chi connectivity index (χ1v) is 10.7. The molecule has 9 nitrogen and oxygen atoms in total. The highest BCUT2D eigenvalue weighted by Gasteiger charge is 2.32. The third-order valence-corrected chi connectivity index (χ3v) is 5.93. The zero-order valence-electron chi connectivity index (χ0n) is 17.5. The minimum atomic E-state index is -4.50. The zero-order valence-corrected chi connectivity index (χ0v) is 17.5. The van der Waals surface area contributed by atoms with Crippen molar-refractivity contribution in [3.8, 4) is 0 Å². The van der Waals surface area contributed by atoms with E-state index in [9.17, 15) is 18.0 Å². The number of hydrogen-bond donors (Lipinski definition) is 2. The van der Waals surface area contributed by atoms with E-state index < -0.39 is 18.6 Å². The summed E-state index contributed by atoms with van der Waals surface area (Å²) in [6, 6.07) is 0.651. The molecule has 170 valence electrons. The molecule has 2 aliphatic carbocycles. The summed E-state index contributed by atoms with van der Waals surface area (Å²) in [6.07, 6.45) is 3.69. The Balaban J connectivity index is 1.40. The van der Waals surface area contributed by atoms with Crippen LogP contribution in [-0.4, -0.2) is 53.7 Å². The Hall–Kier alpha value is -3.18. The van der Waals surface area contributed by atoms with Crippen LogP contribution >= 0.6 is 0 Å². The number of carbonyl (C=O) groups excluding carboxylic acids is 1. The maximum absolute atomic E-state index is 12.5. The second kappa shape index (κ2) is 7.75. The van der Waals surface area contributed by atoms with E-state index in [1.54, 1.807) is 6.92 Å². The van der Waals surface area contributed by atoms with Crippen LogP contribution < -0.4 is 10.6 Å². The average molecular weight is 448 g/mol. The number of halogens is 3. The maximum Gasteiger partial charge on any atom is 0.405 e. The summed E-state index contributed by atoms with van der Waals surface area (Å²) in [5, 5.41) is 5.30. The van der Waals surface area contributed by atoms with Gasteiger partial charge in [0.2, 0.25) is 5.82 Å². The van der Waals surface area contributed by atoms with Crippen molar-refractivity contribution in [2.24, 2.45) is 0 Å². The highest BCUT2D eigenvalue weighted by atomic mass is 19.4. The van der Waals surface area contributed by atoms with Crippen molar-refractivity contribution in [2.75, 3.05) is 11.9 Å². The maximum atomic E-state index is 12.5. The summed E-state index contributed by atoms with van der Waals surface area (Å²) >= 11 is 0. The molecule has 1 saturated carbocycles. The molecule has 1 atom stereocenters. The van der Waals surface area contributed by atoms with Crippen molar-refractivity contribution in [1.29, 1.82) is 0 Å². The van der Waals surface area contributed by atoms with Crippen LogP contribution in [0.15, 0.2) is 12.7 Å². The van der Waals surface area contributed by atoms with E-state index >= 15 is 0 Å². The highest BCUT2D eigenvalue weighted by Crippen LogP contribution is 2.38. The van der Waals surface area contributed by atoms with Crippen LogP contribution in [0.25, 0.3) is 11.2 Å².